The van der Waals surface area contributed by atoms with Gasteiger partial charge < -0.3 is 0 Å². The summed E-state index contributed by atoms with van der Waals surface area (Å²) in [7, 11) is -1.32. The van der Waals surface area contributed by atoms with Gasteiger partial charge in [-0.05, 0) is 42.7 Å². The zero-order chi connectivity index (χ0) is 23.6. The molecule has 2 rings (SSSR count). The Morgan fingerprint density at radius 3 is 2.19 bits per heavy atom. The molecule has 0 amide bonds. The molecule has 3 atom stereocenters. The Bertz CT molecular complexity index is 708. The predicted molar refractivity (Wildman–Crippen MR) is 124 cm³/mol. The maximum Gasteiger partial charge on any atom is 0.453 e. The van der Waals surface area contributed by atoms with Gasteiger partial charge in [-0.3, -0.25) is 4.21 Å². The van der Waals surface area contributed by atoms with E-state index in [4.69, 9.17) is 0 Å². The molecule has 8 heteroatoms. The summed E-state index contributed by atoms with van der Waals surface area (Å²) in [6.45, 7) is 2.35. The van der Waals surface area contributed by atoms with Gasteiger partial charge in [-0.25, -0.2) is 0 Å². The van der Waals surface area contributed by atoms with E-state index in [1.54, 1.807) is 0 Å². The lowest BCUT2D eigenvalue weighted by molar-refractivity contribution is -0.284. The van der Waals surface area contributed by atoms with Crippen LogP contribution in [0.1, 0.15) is 82.6 Å². The molecule has 0 aromatic heterocycles. The van der Waals surface area contributed by atoms with Crippen LogP contribution in [-0.2, 0) is 10.8 Å². The molecule has 1 aliphatic heterocycles. The summed E-state index contributed by atoms with van der Waals surface area (Å²) in [6, 6.07) is 8.74. The summed E-state index contributed by atoms with van der Waals surface area (Å²) in [4.78, 5) is 1.43. The molecule has 0 radical (unpaired) electrons. The smallest absolute Gasteiger partial charge is 0.260 e. The van der Waals surface area contributed by atoms with Gasteiger partial charge in [0.25, 0.3) is 0 Å². The largest absolute Gasteiger partial charge is 0.453 e. The average Bonchev–Trinajstić information content (AvgIpc) is 2.73. The van der Waals surface area contributed by atoms with Gasteiger partial charge in [0, 0.05) is 39.4 Å². The van der Waals surface area contributed by atoms with E-state index in [0.717, 1.165) is 25.7 Å². The van der Waals surface area contributed by atoms with E-state index in [2.05, 4.69) is 31.2 Å². The Kier molecular flexibility index (Phi) is 11.5. The van der Waals surface area contributed by atoms with E-state index in [9.17, 15) is 26.2 Å². The van der Waals surface area contributed by atoms with Gasteiger partial charge in [0.05, 0.1) is 0 Å². The minimum Gasteiger partial charge on any atom is -0.260 e. The van der Waals surface area contributed by atoms with E-state index in [0.29, 0.717) is 17.6 Å². The summed E-state index contributed by atoms with van der Waals surface area (Å²) in [5, 5.41) is 0. The standard InChI is InChI=1S/C24H35F5OS2/c1-19-18-31-22-14-9-8-13-21(22)20(19)12-7-5-3-2-4-6-10-16-32(30)17-11-15-23(25,26)24(27,28)29/h8-9,13-14,19-20H,2-7,10-12,15-18H2,1H3. The van der Waals surface area contributed by atoms with Crippen molar-refractivity contribution in [3.8, 4) is 0 Å². The number of halogens is 5. The first-order valence-corrected chi connectivity index (χ1v) is 14.1. The highest BCUT2D eigenvalue weighted by atomic mass is 32.2. The zero-order valence-corrected chi connectivity index (χ0v) is 20.4. The van der Waals surface area contributed by atoms with E-state index in [-0.39, 0.29) is 12.2 Å². The van der Waals surface area contributed by atoms with E-state index >= 15 is 0 Å². The first-order chi connectivity index (χ1) is 15.1. The summed E-state index contributed by atoms with van der Waals surface area (Å²) in [5.74, 6) is -1.85. The van der Waals surface area contributed by atoms with Crippen molar-refractivity contribution in [2.24, 2.45) is 5.92 Å². The molecule has 1 heterocycles. The fourth-order valence-corrected chi connectivity index (χ4v) is 6.64. The number of hydrogen-bond acceptors (Lipinski definition) is 2. The third-order valence-electron chi connectivity index (χ3n) is 6.17. The van der Waals surface area contributed by atoms with Crippen molar-refractivity contribution in [2.45, 2.75) is 94.0 Å². The Balaban J connectivity index is 1.48. The lowest BCUT2D eigenvalue weighted by atomic mass is 9.83. The Morgan fingerprint density at radius 1 is 0.906 bits per heavy atom. The quantitative estimate of drug-likeness (QED) is 0.189. The van der Waals surface area contributed by atoms with Crippen molar-refractivity contribution in [1.29, 1.82) is 0 Å². The van der Waals surface area contributed by atoms with Gasteiger partial charge in [-0.15, -0.1) is 11.8 Å². The van der Waals surface area contributed by atoms with Crippen LogP contribution in [0.3, 0.4) is 0 Å². The monoisotopic (exact) mass is 498 g/mol. The highest BCUT2D eigenvalue weighted by Gasteiger charge is 2.56. The Morgan fingerprint density at radius 2 is 1.50 bits per heavy atom. The van der Waals surface area contributed by atoms with Gasteiger partial charge in [0.1, 0.15) is 0 Å². The number of rotatable bonds is 14. The molecule has 1 aliphatic rings. The number of unbranched alkanes of at least 4 members (excludes halogenated alkanes) is 6. The lowest BCUT2D eigenvalue weighted by Crippen LogP contribution is -2.36. The van der Waals surface area contributed by atoms with Crippen molar-refractivity contribution in [3.05, 3.63) is 29.8 Å². The summed E-state index contributed by atoms with van der Waals surface area (Å²) >= 11 is 1.96. The number of fused-ring (bicyclic) bond motifs is 1. The van der Waals surface area contributed by atoms with Crippen LogP contribution < -0.4 is 0 Å². The summed E-state index contributed by atoms with van der Waals surface area (Å²) in [5.41, 5.74) is 1.51. The predicted octanol–water partition coefficient (Wildman–Crippen LogP) is 8.36. The van der Waals surface area contributed by atoms with Crippen molar-refractivity contribution >= 4 is 22.6 Å². The molecule has 1 nitrogen and oxygen atoms in total. The van der Waals surface area contributed by atoms with E-state index in [1.165, 1.54) is 41.9 Å². The van der Waals surface area contributed by atoms with Gasteiger partial charge in [-0.1, -0.05) is 63.6 Å². The molecule has 0 spiro atoms. The van der Waals surface area contributed by atoms with Crippen LogP contribution in [-0.4, -0.2) is 33.6 Å². The molecule has 0 aliphatic carbocycles. The summed E-state index contributed by atoms with van der Waals surface area (Å²) in [6.07, 6.45) is 1.47. The first-order valence-electron chi connectivity index (χ1n) is 11.6. The van der Waals surface area contributed by atoms with Crippen molar-refractivity contribution in [3.63, 3.8) is 0 Å². The van der Waals surface area contributed by atoms with Crippen LogP contribution >= 0.6 is 11.8 Å². The molecular formula is C24H35F5OS2. The number of hydrogen-bond donors (Lipinski definition) is 0. The van der Waals surface area contributed by atoms with Gasteiger partial charge in [0.15, 0.2) is 0 Å². The second kappa shape index (κ2) is 13.3. The normalized spacial score (nSPS) is 20.2. The molecule has 0 saturated heterocycles. The highest BCUT2D eigenvalue weighted by Crippen LogP contribution is 2.43. The molecule has 1 aromatic rings. The minimum absolute atomic E-state index is 0.0904. The molecule has 32 heavy (non-hydrogen) atoms. The molecule has 0 bridgehead atoms. The molecule has 1 aromatic carbocycles. The van der Waals surface area contributed by atoms with Crippen LogP contribution in [0.15, 0.2) is 29.2 Å². The Hall–Kier alpha value is -0.630. The fraction of sp³-hybridized carbons (Fsp3) is 0.750. The van der Waals surface area contributed by atoms with Crippen molar-refractivity contribution in [2.75, 3.05) is 17.3 Å². The summed E-state index contributed by atoms with van der Waals surface area (Å²) < 4.78 is 73.8. The SMILES string of the molecule is CC1CSc2ccccc2C1CCCCCCCCCS(=O)CCCC(F)(F)C(F)(F)F. The van der Waals surface area contributed by atoms with Gasteiger partial charge in [0.2, 0.25) is 0 Å². The van der Waals surface area contributed by atoms with Crippen LogP contribution in [0.5, 0.6) is 0 Å². The maximum atomic E-state index is 12.8. The maximum absolute atomic E-state index is 12.8. The molecule has 0 saturated carbocycles. The topological polar surface area (TPSA) is 17.1 Å². The molecule has 3 unspecified atom stereocenters. The number of alkyl halides is 5. The van der Waals surface area contributed by atoms with E-state index in [1.807, 2.05) is 11.8 Å². The minimum atomic E-state index is -5.52. The Labute approximate surface area is 195 Å². The first kappa shape index (κ1) is 27.6. The van der Waals surface area contributed by atoms with Gasteiger partial charge >= 0.3 is 12.1 Å². The molecule has 0 N–H and O–H groups in total. The van der Waals surface area contributed by atoms with Gasteiger partial charge in [-0.2, -0.15) is 22.0 Å². The van der Waals surface area contributed by atoms with Crippen molar-refractivity contribution in [1.82, 2.24) is 0 Å². The second-order valence-electron chi connectivity index (χ2n) is 8.85. The lowest BCUT2D eigenvalue weighted by Gasteiger charge is -2.31. The third kappa shape index (κ3) is 8.96. The average molecular weight is 499 g/mol. The number of benzene rings is 1. The van der Waals surface area contributed by atoms with Crippen LogP contribution in [0, 0.1) is 5.92 Å². The zero-order valence-electron chi connectivity index (χ0n) is 18.8. The molecular weight excluding hydrogens is 463 g/mol. The van der Waals surface area contributed by atoms with E-state index < -0.39 is 29.3 Å². The van der Waals surface area contributed by atoms with Crippen LogP contribution in [0.2, 0.25) is 0 Å². The van der Waals surface area contributed by atoms with Crippen LogP contribution in [0.25, 0.3) is 0 Å². The second-order valence-corrected chi connectivity index (χ2v) is 11.6. The van der Waals surface area contributed by atoms with Crippen LogP contribution in [0.4, 0.5) is 22.0 Å². The molecule has 184 valence electrons. The number of thioether (sulfide) groups is 1. The third-order valence-corrected chi connectivity index (χ3v) is 9.04. The van der Waals surface area contributed by atoms with Crippen molar-refractivity contribution < 1.29 is 26.2 Å². The highest BCUT2D eigenvalue weighted by molar-refractivity contribution is 7.99. The molecule has 0 fully saturated rings. The fourth-order valence-electron chi connectivity index (χ4n) is 4.21.